The summed E-state index contributed by atoms with van der Waals surface area (Å²) < 4.78 is 19.6. The SMILES string of the molecule is CC(C)N[C@H]1C[C@H](Oc2cc(F)cc(CCC(=O)C(C)C)c2)C1. The van der Waals surface area contributed by atoms with E-state index in [1.807, 2.05) is 19.9 Å². The molecule has 1 saturated carbocycles. The van der Waals surface area contributed by atoms with Crippen molar-refractivity contribution in [3.05, 3.63) is 29.6 Å². The number of hydrogen-bond acceptors (Lipinski definition) is 3. The highest BCUT2D eigenvalue weighted by atomic mass is 19.1. The van der Waals surface area contributed by atoms with Crippen LogP contribution >= 0.6 is 0 Å². The third-order valence-corrected chi connectivity index (χ3v) is 4.20. The fraction of sp³-hybridized carbons (Fsp3) is 0.632. The minimum absolute atomic E-state index is 0.0275. The zero-order chi connectivity index (χ0) is 17.0. The van der Waals surface area contributed by atoms with E-state index in [1.54, 1.807) is 0 Å². The van der Waals surface area contributed by atoms with Crippen LogP contribution in [-0.2, 0) is 11.2 Å². The van der Waals surface area contributed by atoms with Gasteiger partial charge in [-0.3, -0.25) is 4.79 Å². The number of benzene rings is 1. The van der Waals surface area contributed by atoms with Crippen LogP contribution < -0.4 is 10.1 Å². The summed E-state index contributed by atoms with van der Waals surface area (Å²) in [6, 6.07) is 5.75. The highest BCUT2D eigenvalue weighted by Crippen LogP contribution is 2.28. The van der Waals surface area contributed by atoms with E-state index in [9.17, 15) is 9.18 Å². The fourth-order valence-electron chi connectivity index (χ4n) is 2.85. The smallest absolute Gasteiger partial charge is 0.135 e. The first-order valence-corrected chi connectivity index (χ1v) is 8.58. The van der Waals surface area contributed by atoms with E-state index in [4.69, 9.17) is 4.74 Å². The molecular formula is C19H28FNO2. The van der Waals surface area contributed by atoms with E-state index in [-0.39, 0.29) is 23.6 Å². The van der Waals surface area contributed by atoms with Gasteiger partial charge in [-0.25, -0.2) is 4.39 Å². The summed E-state index contributed by atoms with van der Waals surface area (Å²) in [7, 11) is 0. The fourth-order valence-corrected chi connectivity index (χ4v) is 2.85. The van der Waals surface area contributed by atoms with Gasteiger partial charge in [-0.05, 0) is 37.0 Å². The summed E-state index contributed by atoms with van der Waals surface area (Å²) in [6.07, 6.45) is 3.07. The molecular weight excluding hydrogens is 293 g/mol. The summed E-state index contributed by atoms with van der Waals surface area (Å²) in [5, 5.41) is 3.47. The van der Waals surface area contributed by atoms with Crippen LogP contribution in [0.1, 0.15) is 52.5 Å². The number of nitrogens with one attached hydrogen (secondary N) is 1. The number of halogens is 1. The number of carbonyl (C=O) groups excluding carboxylic acids is 1. The van der Waals surface area contributed by atoms with Crippen molar-refractivity contribution >= 4 is 5.78 Å². The van der Waals surface area contributed by atoms with Gasteiger partial charge in [-0.15, -0.1) is 0 Å². The second-order valence-corrected chi connectivity index (χ2v) is 7.15. The van der Waals surface area contributed by atoms with Gasteiger partial charge >= 0.3 is 0 Å². The van der Waals surface area contributed by atoms with E-state index in [2.05, 4.69) is 19.2 Å². The topological polar surface area (TPSA) is 38.3 Å². The van der Waals surface area contributed by atoms with Crippen molar-refractivity contribution in [2.24, 2.45) is 5.92 Å². The Labute approximate surface area is 138 Å². The van der Waals surface area contributed by atoms with E-state index in [0.717, 1.165) is 18.4 Å². The highest BCUT2D eigenvalue weighted by molar-refractivity contribution is 5.80. The molecule has 1 aromatic carbocycles. The Morgan fingerprint density at radius 3 is 2.57 bits per heavy atom. The second kappa shape index (κ2) is 7.91. The number of carbonyl (C=O) groups is 1. The van der Waals surface area contributed by atoms with Gasteiger partial charge in [-0.2, -0.15) is 0 Å². The summed E-state index contributed by atoms with van der Waals surface area (Å²) in [4.78, 5) is 11.7. The van der Waals surface area contributed by atoms with Gasteiger partial charge in [0, 0.05) is 30.5 Å². The van der Waals surface area contributed by atoms with Crippen molar-refractivity contribution < 1.29 is 13.9 Å². The van der Waals surface area contributed by atoms with E-state index < -0.39 is 0 Å². The Balaban J connectivity index is 1.87. The Morgan fingerprint density at radius 1 is 1.26 bits per heavy atom. The van der Waals surface area contributed by atoms with Crippen LogP contribution in [0.25, 0.3) is 0 Å². The first-order valence-electron chi connectivity index (χ1n) is 8.58. The predicted octanol–water partition coefficient (Wildman–Crippen LogP) is 3.89. The molecule has 0 aromatic heterocycles. The van der Waals surface area contributed by atoms with Crippen LogP contribution in [0.2, 0.25) is 0 Å². The van der Waals surface area contributed by atoms with Gasteiger partial charge < -0.3 is 10.1 Å². The third-order valence-electron chi connectivity index (χ3n) is 4.20. The van der Waals surface area contributed by atoms with Crippen LogP contribution in [0.5, 0.6) is 5.75 Å². The Bertz CT molecular complexity index is 536. The Kier molecular flexibility index (Phi) is 6.17. The van der Waals surface area contributed by atoms with Crippen LogP contribution in [-0.4, -0.2) is 24.0 Å². The molecule has 0 saturated heterocycles. The van der Waals surface area contributed by atoms with Crippen LogP contribution in [0.3, 0.4) is 0 Å². The lowest BCUT2D eigenvalue weighted by Gasteiger charge is -2.37. The maximum absolute atomic E-state index is 13.8. The van der Waals surface area contributed by atoms with Gasteiger partial charge in [0.25, 0.3) is 0 Å². The molecule has 3 nitrogen and oxygen atoms in total. The van der Waals surface area contributed by atoms with Gasteiger partial charge in [-0.1, -0.05) is 27.7 Å². The minimum Gasteiger partial charge on any atom is -0.490 e. The molecule has 0 heterocycles. The molecule has 128 valence electrons. The molecule has 0 spiro atoms. The van der Waals surface area contributed by atoms with E-state index in [1.165, 1.54) is 12.1 Å². The minimum atomic E-state index is -0.300. The number of Topliss-reactive ketones (excluding diaryl/α,β-unsaturated/α-hetero) is 1. The van der Waals surface area contributed by atoms with Gasteiger partial charge in [0.15, 0.2) is 0 Å². The molecule has 1 aromatic rings. The summed E-state index contributed by atoms with van der Waals surface area (Å²) >= 11 is 0. The number of ketones is 1. The molecule has 1 aliphatic carbocycles. The molecule has 0 bridgehead atoms. The van der Waals surface area contributed by atoms with Gasteiger partial charge in [0.05, 0.1) is 0 Å². The zero-order valence-electron chi connectivity index (χ0n) is 14.6. The first kappa shape index (κ1) is 17.9. The molecule has 0 amide bonds. The number of rotatable bonds is 8. The molecule has 1 aliphatic rings. The van der Waals surface area contributed by atoms with Crippen molar-refractivity contribution in [2.75, 3.05) is 0 Å². The predicted molar refractivity (Wildman–Crippen MR) is 90.3 cm³/mol. The lowest BCUT2D eigenvalue weighted by molar-refractivity contribution is -0.121. The largest absolute Gasteiger partial charge is 0.490 e. The molecule has 0 unspecified atom stereocenters. The lowest BCUT2D eigenvalue weighted by atomic mass is 9.88. The molecule has 4 heteroatoms. The molecule has 0 atom stereocenters. The van der Waals surface area contributed by atoms with Crippen LogP contribution in [0.15, 0.2) is 18.2 Å². The average molecular weight is 321 g/mol. The summed E-state index contributed by atoms with van der Waals surface area (Å²) in [6.45, 7) is 8.04. The van der Waals surface area contributed by atoms with Crippen LogP contribution in [0, 0.1) is 11.7 Å². The standard InChI is InChI=1S/C19H28FNO2/c1-12(2)19(22)6-5-14-7-15(20)9-17(8-14)23-18-10-16(11-18)21-13(3)4/h7-9,12-13,16,18,21H,5-6,10-11H2,1-4H3/t16-,18-. The van der Waals surface area contributed by atoms with Crippen molar-refractivity contribution in [1.82, 2.24) is 5.32 Å². The van der Waals surface area contributed by atoms with E-state index >= 15 is 0 Å². The molecule has 0 aliphatic heterocycles. The maximum Gasteiger partial charge on any atom is 0.135 e. The highest BCUT2D eigenvalue weighted by Gasteiger charge is 2.31. The molecule has 1 fully saturated rings. The second-order valence-electron chi connectivity index (χ2n) is 7.15. The van der Waals surface area contributed by atoms with Gasteiger partial charge in [0.2, 0.25) is 0 Å². The Morgan fingerprint density at radius 2 is 1.96 bits per heavy atom. The lowest BCUT2D eigenvalue weighted by Crippen LogP contribution is -2.49. The summed E-state index contributed by atoms with van der Waals surface area (Å²) in [5.41, 5.74) is 0.824. The Hall–Kier alpha value is -1.42. The van der Waals surface area contributed by atoms with Gasteiger partial charge in [0.1, 0.15) is 23.5 Å². The van der Waals surface area contributed by atoms with Crippen molar-refractivity contribution in [1.29, 1.82) is 0 Å². The van der Waals surface area contributed by atoms with Crippen LogP contribution in [0.4, 0.5) is 4.39 Å². The number of ether oxygens (including phenoxy) is 1. The first-order chi connectivity index (χ1) is 10.8. The maximum atomic E-state index is 13.8. The normalized spacial score (nSPS) is 20.7. The zero-order valence-corrected chi connectivity index (χ0v) is 14.6. The molecule has 2 rings (SSSR count). The van der Waals surface area contributed by atoms with E-state index in [0.29, 0.717) is 30.7 Å². The van der Waals surface area contributed by atoms with Crippen molar-refractivity contribution in [2.45, 2.75) is 71.6 Å². The third kappa shape index (κ3) is 5.61. The monoisotopic (exact) mass is 321 g/mol. The number of hydrogen-bond donors (Lipinski definition) is 1. The molecule has 0 radical (unpaired) electrons. The number of aryl methyl sites for hydroxylation is 1. The molecule has 23 heavy (non-hydrogen) atoms. The summed E-state index contributed by atoms with van der Waals surface area (Å²) in [5.74, 6) is 0.508. The van der Waals surface area contributed by atoms with Crippen molar-refractivity contribution in [3.63, 3.8) is 0 Å². The average Bonchev–Trinajstić information content (AvgIpc) is 2.41. The quantitative estimate of drug-likeness (QED) is 0.789. The van der Waals surface area contributed by atoms with Crippen molar-refractivity contribution in [3.8, 4) is 5.75 Å². The molecule has 1 N–H and O–H groups in total.